The lowest BCUT2D eigenvalue weighted by Gasteiger charge is -2.29. The zero-order chi connectivity index (χ0) is 13.8. The van der Waals surface area contributed by atoms with Crippen molar-refractivity contribution in [3.63, 3.8) is 0 Å². The largest absolute Gasteiger partial charge is 0.347 e. The summed E-state index contributed by atoms with van der Waals surface area (Å²) >= 11 is 15.0. The molecule has 0 aliphatic rings. The lowest BCUT2D eigenvalue weighted by Crippen LogP contribution is -2.45. The van der Waals surface area contributed by atoms with Crippen LogP contribution in [0.2, 0.25) is 5.02 Å². The van der Waals surface area contributed by atoms with E-state index in [1.807, 2.05) is 13.8 Å². The van der Waals surface area contributed by atoms with Crippen LogP contribution in [-0.4, -0.2) is 17.3 Å². The van der Waals surface area contributed by atoms with Crippen molar-refractivity contribution < 1.29 is 4.79 Å². The monoisotopic (exact) mass is 351 g/mol. The van der Waals surface area contributed by atoms with Crippen LogP contribution in [0, 0.1) is 0 Å². The van der Waals surface area contributed by atoms with Crippen LogP contribution in [0.5, 0.6) is 0 Å². The van der Waals surface area contributed by atoms with E-state index in [1.165, 1.54) is 0 Å². The molecule has 0 saturated heterocycles. The molecule has 1 N–H and O–H groups in total. The van der Waals surface area contributed by atoms with Gasteiger partial charge < -0.3 is 5.32 Å². The van der Waals surface area contributed by atoms with Crippen LogP contribution in [0.3, 0.4) is 0 Å². The van der Waals surface area contributed by atoms with E-state index in [2.05, 4.69) is 21.2 Å². The molecule has 0 saturated carbocycles. The maximum atomic E-state index is 12.2. The topological polar surface area (TPSA) is 29.1 Å². The van der Waals surface area contributed by atoms with Gasteiger partial charge >= 0.3 is 0 Å². The fourth-order valence-corrected chi connectivity index (χ4v) is 2.83. The average Bonchev–Trinajstić information content (AvgIpc) is 2.28. The van der Waals surface area contributed by atoms with Crippen LogP contribution < -0.4 is 5.32 Å². The molecule has 1 atom stereocenters. The molecule has 0 aromatic heterocycles. The fraction of sp³-hybridized carbons (Fsp3) is 0.462. The third kappa shape index (κ3) is 4.15. The van der Waals surface area contributed by atoms with E-state index in [1.54, 1.807) is 18.2 Å². The molecule has 18 heavy (non-hydrogen) atoms. The molecular formula is C13H16BrCl2NO. The van der Waals surface area contributed by atoms with Gasteiger partial charge in [0, 0.05) is 20.9 Å². The van der Waals surface area contributed by atoms with Crippen molar-refractivity contribution in [3.05, 3.63) is 33.3 Å². The van der Waals surface area contributed by atoms with Gasteiger partial charge in [-0.1, -0.05) is 18.5 Å². The highest BCUT2D eigenvalue weighted by Crippen LogP contribution is 2.23. The van der Waals surface area contributed by atoms with E-state index in [9.17, 15) is 4.79 Å². The molecular weight excluding hydrogens is 337 g/mol. The summed E-state index contributed by atoms with van der Waals surface area (Å²) in [6.07, 6.45) is 1.57. The molecule has 1 aromatic rings. The molecule has 0 fully saturated rings. The van der Waals surface area contributed by atoms with Crippen LogP contribution in [-0.2, 0) is 0 Å². The van der Waals surface area contributed by atoms with Crippen LogP contribution in [0.4, 0.5) is 0 Å². The number of halogens is 3. The van der Waals surface area contributed by atoms with Gasteiger partial charge in [0.2, 0.25) is 0 Å². The van der Waals surface area contributed by atoms with Gasteiger partial charge in [-0.05, 0) is 53.9 Å². The lowest BCUT2D eigenvalue weighted by atomic mass is 9.95. The number of benzene rings is 1. The first-order valence-electron chi connectivity index (χ1n) is 5.75. The first-order chi connectivity index (χ1) is 8.41. The Morgan fingerprint density at radius 2 is 2.17 bits per heavy atom. The Bertz CT molecular complexity index is 439. The predicted octanol–water partition coefficient (Wildman–Crippen LogP) is 4.63. The molecule has 0 radical (unpaired) electrons. The minimum atomic E-state index is -0.280. The number of rotatable bonds is 5. The average molecular weight is 353 g/mol. The Balaban J connectivity index is 2.87. The third-order valence-electron chi connectivity index (χ3n) is 3.02. The summed E-state index contributed by atoms with van der Waals surface area (Å²) < 4.78 is 0.692. The summed E-state index contributed by atoms with van der Waals surface area (Å²) in [4.78, 5) is 12.2. The molecule has 0 heterocycles. The van der Waals surface area contributed by atoms with Crippen molar-refractivity contribution in [2.75, 3.05) is 5.88 Å². The molecule has 0 aliphatic heterocycles. The second-order valence-corrected chi connectivity index (χ2v) is 6.10. The highest BCUT2D eigenvalue weighted by Gasteiger charge is 2.24. The minimum Gasteiger partial charge on any atom is -0.347 e. The Labute approximate surface area is 126 Å². The molecule has 0 spiro atoms. The third-order valence-corrected chi connectivity index (χ3v) is 4.10. The molecule has 5 heteroatoms. The summed E-state index contributed by atoms with van der Waals surface area (Å²) in [5, 5.41) is 3.62. The van der Waals surface area contributed by atoms with Crippen LogP contribution in [0.25, 0.3) is 0 Å². The van der Waals surface area contributed by atoms with E-state index >= 15 is 0 Å². The highest BCUT2D eigenvalue weighted by molar-refractivity contribution is 9.10. The Kier molecular flexibility index (Phi) is 5.96. The molecule has 1 rings (SSSR count). The van der Waals surface area contributed by atoms with Crippen LogP contribution >= 0.6 is 39.1 Å². The Morgan fingerprint density at radius 3 is 2.67 bits per heavy atom. The molecule has 1 aromatic carbocycles. The molecule has 1 unspecified atom stereocenters. The van der Waals surface area contributed by atoms with Gasteiger partial charge in [0.05, 0.1) is 5.56 Å². The predicted molar refractivity (Wildman–Crippen MR) is 80.7 cm³/mol. The smallest absolute Gasteiger partial charge is 0.252 e. The normalized spacial score (nSPS) is 14.1. The molecule has 2 nitrogen and oxygen atoms in total. The van der Waals surface area contributed by atoms with Gasteiger partial charge in [-0.3, -0.25) is 4.79 Å². The Hall–Kier alpha value is -0.250. The van der Waals surface area contributed by atoms with Gasteiger partial charge in [0.25, 0.3) is 5.91 Å². The number of carbonyl (C=O) groups excluding carboxylic acids is 1. The van der Waals surface area contributed by atoms with Crippen molar-refractivity contribution in [1.82, 2.24) is 5.32 Å². The number of amides is 1. The van der Waals surface area contributed by atoms with Gasteiger partial charge in [-0.2, -0.15) is 0 Å². The summed E-state index contributed by atoms with van der Waals surface area (Å²) in [5.41, 5.74) is 0.298. The van der Waals surface area contributed by atoms with Crippen molar-refractivity contribution in [2.45, 2.75) is 32.2 Å². The molecule has 100 valence electrons. The first kappa shape index (κ1) is 15.8. The van der Waals surface area contributed by atoms with Crippen molar-refractivity contribution in [3.8, 4) is 0 Å². The van der Waals surface area contributed by atoms with Crippen molar-refractivity contribution >= 4 is 45.0 Å². The van der Waals surface area contributed by atoms with E-state index in [4.69, 9.17) is 23.2 Å². The van der Waals surface area contributed by atoms with Crippen molar-refractivity contribution in [1.29, 1.82) is 0 Å². The SMILES string of the molecule is CCC(C)(CCCl)NC(=O)c1ccc(Cl)cc1Br. The molecule has 0 aliphatic carbocycles. The highest BCUT2D eigenvalue weighted by atomic mass is 79.9. The quantitative estimate of drug-likeness (QED) is 0.769. The maximum Gasteiger partial charge on any atom is 0.252 e. The number of alkyl halides is 1. The second-order valence-electron chi connectivity index (χ2n) is 4.43. The molecule has 1 amide bonds. The van der Waals surface area contributed by atoms with E-state index in [0.29, 0.717) is 20.9 Å². The van der Waals surface area contributed by atoms with Crippen molar-refractivity contribution in [2.24, 2.45) is 0 Å². The number of nitrogens with one attached hydrogen (secondary N) is 1. The van der Waals surface area contributed by atoms with Gasteiger partial charge in [-0.25, -0.2) is 0 Å². The van der Waals surface area contributed by atoms with Gasteiger partial charge in [0.1, 0.15) is 0 Å². The number of hydrogen-bond acceptors (Lipinski definition) is 1. The summed E-state index contributed by atoms with van der Waals surface area (Å²) in [6, 6.07) is 5.12. The van der Waals surface area contributed by atoms with E-state index in [-0.39, 0.29) is 11.4 Å². The second kappa shape index (κ2) is 6.78. The minimum absolute atomic E-state index is 0.118. The zero-order valence-corrected chi connectivity index (χ0v) is 13.5. The maximum absolute atomic E-state index is 12.2. The van der Waals surface area contributed by atoms with E-state index < -0.39 is 0 Å². The summed E-state index contributed by atoms with van der Waals surface area (Å²) in [5.74, 6) is 0.403. The van der Waals surface area contributed by atoms with Gasteiger partial charge in [0.15, 0.2) is 0 Å². The van der Waals surface area contributed by atoms with Gasteiger partial charge in [-0.15, -0.1) is 11.6 Å². The van der Waals surface area contributed by atoms with Crippen LogP contribution in [0.15, 0.2) is 22.7 Å². The van der Waals surface area contributed by atoms with Crippen LogP contribution in [0.1, 0.15) is 37.0 Å². The number of carbonyl (C=O) groups is 1. The molecule has 0 bridgehead atoms. The first-order valence-corrected chi connectivity index (χ1v) is 7.46. The lowest BCUT2D eigenvalue weighted by molar-refractivity contribution is 0.0901. The fourth-order valence-electron chi connectivity index (χ4n) is 1.55. The number of hydrogen-bond donors (Lipinski definition) is 1. The standard InChI is InChI=1S/C13H16BrCl2NO/c1-3-13(2,6-7-15)17-12(18)10-5-4-9(16)8-11(10)14/h4-5,8H,3,6-7H2,1-2H3,(H,17,18). The summed E-state index contributed by atoms with van der Waals surface area (Å²) in [7, 11) is 0. The Morgan fingerprint density at radius 1 is 1.50 bits per heavy atom. The summed E-state index contributed by atoms with van der Waals surface area (Å²) in [6.45, 7) is 4.03. The van der Waals surface area contributed by atoms with E-state index in [0.717, 1.165) is 12.8 Å². The zero-order valence-electron chi connectivity index (χ0n) is 10.4.